The van der Waals surface area contributed by atoms with Gasteiger partial charge in [-0.1, -0.05) is 44.6 Å². The van der Waals surface area contributed by atoms with Crippen LogP contribution in [0.5, 0.6) is 0 Å². The SMILES string of the molecule is CC(C)(C)c1ccc(N2CC(C(=O)NCCC3=CCCCC3)CC2=O)cc1. The summed E-state index contributed by atoms with van der Waals surface area (Å²) in [7, 11) is 0. The standard InChI is InChI=1S/C23H32N2O2/c1-23(2,3)19-9-11-20(12-10-19)25-16-18(15-21(25)26)22(27)24-14-13-17-7-5-4-6-8-17/h7,9-12,18H,4-6,8,13-16H2,1-3H3,(H,24,27). The van der Waals surface area contributed by atoms with Crippen molar-refractivity contribution >= 4 is 17.5 Å². The molecule has 1 heterocycles. The molecule has 1 aromatic carbocycles. The lowest BCUT2D eigenvalue weighted by Gasteiger charge is -2.21. The highest BCUT2D eigenvalue weighted by molar-refractivity contribution is 6.00. The van der Waals surface area contributed by atoms with Gasteiger partial charge in [-0.2, -0.15) is 0 Å². The molecule has 146 valence electrons. The molecule has 0 bridgehead atoms. The third kappa shape index (κ3) is 5.00. The summed E-state index contributed by atoms with van der Waals surface area (Å²) in [5.41, 5.74) is 3.67. The number of anilines is 1. The van der Waals surface area contributed by atoms with Gasteiger partial charge in [-0.05, 0) is 55.2 Å². The second-order valence-electron chi connectivity index (χ2n) is 8.85. The van der Waals surface area contributed by atoms with Crippen molar-refractivity contribution in [3.05, 3.63) is 41.5 Å². The maximum absolute atomic E-state index is 12.5. The molecule has 1 unspecified atom stereocenters. The van der Waals surface area contributed by atoms with Crippen LogP contribution in [0.4, 0.5) is 5.69 Å². The van der Waals surface area contributed by atoms with Gasteiger partial charge in [0.1, 0.15) is 0 Å². The molecule has 1 saturated heterocycles. The van der Waals surface area contributed by atoms with Crippen LogP contribution in [-0.4, -0.2) is 24.9 Å². The Bertz CT molecular complexity index is 713. The first kappa shape index (κ1) is 19.7. The quantitative estimate of drug-likeness (QED) is 0.786. The first-order valence-corrected chi connectivity index (χ1v) is 10.2. The molecular weight excluding hydrogens is 336 g/mol. The number of hydrogen-bond acceptors (Lipinski definition) is 2. The van der Waals surface area contributed by atoms with Gasteiger partial charge in [-0.15, -0.1) is 0 Å². The van der Waals surface area contributed by atoms with E-state index in [1.165, 1.54) is 30.4 Å². The summed E-state index contributed by atoms with van der Waals surface area (Å²) in [6.07, 6.45) is 8.43. The molecule has 2 aliphatic rings. The summed E-state index contributed by atoms with van der Waals surface area (Å²) < 4.78 is 0. The smallest absolute Gasteiger partial charge is 0.227 e. The van der Waals surface area contributed by atoms with E-state index >= 15 is 0 Å². The molecule has 0 spiro atoms. The fourth-order valence-electron chi connectivity index (χ4n) is 3.90. The van der Waals surface area contributed by atoms with Crippen LogP contribution in [0.25, 0.3) is 0 Å². The van der Waals surface area contributed by atoms with Gasteiger partial charge in [0.25, 0.3) is 0 Å². The zero-order valence-corrected chi connectivity index (χ0v) is 16.9. The first-order valence-electron chi connectivity index (χ1n) is 10.2. The summed E-state index contributed by atoms with van der Waals surface area (Å²) >= 11 is 0. The van der Waals surface area contributed by atoms with Gasteiger partial charge in [-0.3, -0.25) is 9.59 Å². The minimum absolute atomic E-state index is 0.00794. The van der Waals surface area contributed by atoms with Gasteiger partial charge in [0.05, 0.1) is 5.92 Å². The predicted molar refractivity (Wildman–Crippen MR) is 110 cm³/mol. The van der Waals surface area contributed by atoms with E-state index < -0.39 is 0 Å². The molecule has 1 atom stereocenters. The number of nitrogens with zero attached hydrogens (tertiary/aromatic N) is 1. The van der Waals surface area contributed by atoms with Gasteiger partial charge >= 0.3 is 0 Å². The number of rotatable bonds is 5. The Balaban J connectivity index is 1.53. The molecule has 1 aromatic rings. The van der Waals surface area contributed by atoms with E-state index in [9.17, 15) is 9.59 Å². The number of benzene rings is 1. The number of allylic oxidation sites excluding steroid dienone is 1. The predicted octanol–water partition coefficient (Wildman–Crippen LogP) is 4.34. The third-order valence-electron chi connectivity index (χ3n) is 5.67. The fourth-order valence-corrected chi connectivity index (χ4v) is 3.90. The lowest BCUT2D eigenvalue weighted by Crippen LogP contribution is -2.33. The lowest BCUT2D eigenvalue weighted by atomic mass is 9.87. The highest BCUT2D eigenvalue weighted by Gasteiger charge is 2.35. The largest absolute Gasteiger partial charge is 0.355 e. The zero-order chi connectivity index (χ0) is 19.4. The third-order valence-corrected chi connectivity index (χ3v) is 5.67. The topological polar surface area (TPSA) is 49.4 Å². The Morgan fingerprint density at radius 3 is 2.56 bits per heavy atom. The van der Waals surface area contributed by atoms with Crippen molar-refractivity contribution in [1.29, 1.82) is 0 Å². The molecule has 0 aromatic heterocycles. The highest BCUT2D eigenvalue weighted by Crippen LogP contribution is 2.29. The second kappa shape index (κ2) is 8.28. The van der Waals surface area contributed by atoms with Crippen LogP contribution in [-0.2, 0) is 15.0 Å². The van der Waals surface area contributed by atoms with Gasteiger partial charge in [0.2, 0.25) is 11.8 Å². The Kier molecular flexibility index (Phi) is 6.03. The first-order chi connectivity index (χ1) is 12.8. The van der Waals surface area contributed by atoms with E-state index in [2.05, 4.69) is 44.3 Å². The molecule has 1 aliphatic carbocycles. The average molecular weight is 369 g/mol. The normalized spacial score (nSPS) is 20.6. The van der Waals surface area contributed by atoms with Crippen molar-refractivity contribution in [1.82, 2.24) is 5.32 Å². The maximum Gasteiger partial charge on any atom is 0.227 e. The molecule has 3 rings (SSSR count). The summed E-state index contributed by atoms with van der Waals surface area (Å²) in [6.45, 7) is 7.67. The molecule has 0 saturated carbocycles. The van der Waals surface area contributed by atoms with E-state index in [0.29, 0.717) is 19.5 Å². The number of carbonyl (C=O) groups is 2. The van der Waals surface area contributed by atoms with Crippen LogP contribution in [0.1, 0.15) is 64.9 Å². The van der Waals surface area contributed by atoms with Gasteiger partial charge in [0.15, 0.2) is 0 Å². The minimum atomic E-state index is -0.250. The Labute approximate surface area is 163 Å². The van der Waals surface area contributed by atoms with Crippen molar-refractivity contribution in [2.75, 3.05) is 18.0 Å². The van der Waals surface area contributed by atoms with Crippen LogP contribution in [0.15, 0.2) is 35.9 Å². The molecule has 1 N–H and O–H groups in total. The molecule has 2 amide bonds. The molecule has 0 radical (unpaired) electrons. The van der Waals surface area contributed by atoms with Crippen molar-refractivity contribution in [2.45, 2.75) is 64.7 Å². The summed E-state index contributed by atoms with van der Waals surface area (Å²) in [5, 5.41) is 3.03. The monoisotopic (exact) mass is 368 g/mol. The molecule has 1 aliphatic heterocycles. The van der Waals surface area contributed by atoms with Crippen molar-refractivity contribution in [3.63, 3.8) is 0 Å². The van der Waals surface area contributed by atoms with Crippen molar-refractivity contribution in [3.8, 4) is 0 Å². The van der Waals surface area contributed by atoms with Crippen LogP contribution >= 0.6 is 0 Å². The van der Waals surface area contributed by atoms with Crippen LogP contribution < -0.4 is 10.2 Å². The van der Waals surface area contributed by atoms with E-state index in [1.807, 2.05) is 12.1 Å². The van der Waals surface area contributed by atoms with E-state index in [4.69, 9.17) is 0 Å². The summed E-state index contributed by atoms with van der Waals surface area (Å²) in [6, 6.07) is 8.14. The molecule has 1 fully saturated rings. The Morgan fingerprint density at radius 1 is 1.19 bits per heavy atom. The second-order valence-corrected chi connectivity index (χ2v) is 8.85. The van der Waals surface area contributed by atoms with E-state index in [-0.39, 0.29) is 23.1 Å². The van der Waals surface area contributed by atoms with Crippen molar-refractivity contribution < 1.29 is 9.59 Å². The van der Waals surface area contributed by atoms with Crippen LogP contribution in [0.2, 0.25) is 0 Å². The summed E-state index contributed by atoms with van der Waals surface area (Å²) in [5.74, 6) is -0.206. The Hall–Kier alpha value is -2.10. The molecular formula is C23H32N2O2. The van der Waals surface area contributed by atoms with E-state index in [0.717, 1.165) is 18.5 Å². The number of amides is 2. The average Bonchev–Trinajstić information content (AvgIpc) is 3.04. The fraction of sp³-hybridized carbons (Fsp3) is 0.565. The Morgan fingerprint density at radius 2 is 1.93 bits per heavy atom. The van der Waals surface area contributed by atoms with Crippen LogP contribution in [0, 0.1) is 5.92 Å². The number of carbonyl (C=O) groups excluding carboxylic acids is 2. The molecule has 27 heavy (non-hydrogen) atoms. The molecule has 4 heteroatoms. The lowest BCUT2D eigenvalue weighted by molar-refractivity contribution is -0.126. The highest BCUT2D eigenvalue weighted by atomic mass is 16.2. The van der Waals surface area contributed by atoms with Crippen LogP contribution in [0.3, 0.4) is 0 Å². The zero-order valence-electron chi connectivity index (χ0n) is 16.9. The number of nitrogens with one attached hydrogen (secondary N) is 1. The minimum Gasteiger partial charge on any atom is -0.355 e. The van der Waals surface area contributed by atoms with Gasteiger partial charge in [0, 0.05) is 25.2 Å². The van der Waals surface area contributed by atoms with Gasteiger partial charge < -0.3 is 10.2 Å². The van der Waals surface area contributed by atoms with E-state index in [1.54, 1.807) is 4.90 Å². The molecule has 4 nitrogen and oxygen atoms in total. The maximum atomic E-state index is 12.5. The number of hydrogen-bond donors (Lipinski definition) is 1. The van der Waals surface area contributed by atoms with Gasteiger partial charge in [-0.25, -0.2) is 0 Å². The van der Waals surface area contributed by atoms with Crippen molar-refractivity contribution in [2.24, 2.45) is 5.92 Å². The summed E-state index contributed by atoms with van der Waals surface area (Å²) in [4.78, 5) is 26.7.